The number of halogens is 4. The van der Waals surface area contributed by atoms with Crippen LogP contribution in [-0.2, 0) is 6.18 Å². The number of aromatic nitrogens is 1. The van der Waals surface area contributed by atoms with Crippen molar-refractivity contribution in [3.05, 3.63) is 28.0 Å². The Labute approximate surface area is 87.5 Å². The Kier molecular flexibility index (Phi) is 2.90. The summed E-state index contributed by atoms with van der Waals surface area (Å²) in [4.78, 5) is 14.0. The van der Waals surface area contributed by atoms with E-state index in [1.807, 2.05) is 0 Å². The first-order chi connectivity index (χ1) is 6.73. The molecule has 0 aliphatic heterocycles. The second kappa shape index (κ2) is 3.69. The highest BCUT2D eigenvalue weighted by molar-refractivity contribution is 6.30. The van der Waals surface area contributed by atoms with E-state index in [2.05, 4.69) is 4.98 Å². The fraction of sp³-hybridized carbons (Fsp3) is 0.250. The molecule has 0 amide bonds. The summed E-state index contributed by atoms with van der Waals surface area (Å²) in [6.07, 6.45) is -4.83. The number of aromatic carboxylic acids is 1. The van der Waals surface area contributed by atoms with Crippen molar-refractivity contribution >= 4 is 17.6 Å². The summed E-state index contributed by atoms with van der Waals surface area (Å²) in [5.74, 6) is -1.69. The zero-order valence-corrected chi connectivity index (χ0v) is 8.15. The van der Waals surface area contributed by atoms with Gasteiger partial charge in [0.1, 0.15) is 10.7 Å². The van der Waals surface area contributed by atoms with Gasteiger partial charge in [0, 0.05) is 5.69 Å². The van der Waals surface area contributed by atoms with Crippen LogP contribution in [-0.4, -0.2) is 16.1 Å². The third-order valence-electron chi connectivity index (χ3n) is 1.62. The average molecular weight is 240 g/mol. The minimum atomic E-state index is -4.83. The summed E-state index contributed by atoms with van der Waals surface area (Å²) in [7, 11) is 0. The molecule has 0 aliphatic carbocycles. The molecule has 0 aromatic carbocycles. The molecule has 82 valence electrons. The van der Waals surface area contributed by atoms with Crippen LogP contribution < -0.4 is 0 Å². The van der Waals surface area contributed by atoms with Gasteiger partial charge in [0.15, 0.2) is 0 Å². The predicted octanol–water partition coefficient (Wildman–Crippen LogP) is 2.76. The van der Waals surface area contributed by atoms with E-state index in [1.165, 1.54) is 6.92 Å². The van der Waals surface area contributed by atoms with Crippen LogP contribution in [0.15, 0.2) is 6.07 Å². The lowest BCUT2D eigenvalue weighted by Gasteiger charge is -2.11. The zero-order chi connectivity index (χ0) is 11.8. The fourth-order valence-electron chi connectivity index (χ4n) is 1.07. The summed E-state index contributed by atoms with van der Waals surface area (Å²) in [6.45, 7) is 1.36. The highest BCUT2D eigenvalue weighted by Gasteiger charge is 2.38. The summed E-state index contributed by atoms with van der Waals surface area (Å²) in [6, 6.07) is 0.830. The molecule has 1 aromatic rings. The quantitative estimate of drug-likeness (QED) is 0.767. The molecular formula is C8H5ClF3NO2. The van der Waals surface area contributed by atoms with Gasteiger partial charge in [0.25, 0.3) is 0 Å². The van der Waals surface area contributed by atoms with Crippen LogP contribution >= 0.6 is 11.6 Å². The normalized spacial score (nSPS) is 11.5. The van der Waals surface area contributed by atoms with Gasteiger partial charge in [-0.05, 0) is 13.0 Å². The summed E-state index contributed by atoms with van der Waals surface area (Å²) in [5, 5.41) is 7.74. The Bertz CT molecular complexity index is 417. The topological polar surface area (TPSA) is 50.2 Å². The van der Waals surface area contributed by atoms with Crippen LogP contribution in [0.5, 0.6) is 0 Å². The first kappa shape index (κ1) is 11.8. The van der Waals surface area contributed by atoms with Gasteiger partial charge in [0.05, 0.1) is 5.56 Å². The van der Waals surface area contributed by atoms with Crippen molar-refractivity contribution in [1.82, 2.24) is 4.98 Å². The van der Waals surface area contributed by atoms with Crippen LogP contribution in [0, 0.1) is 6.92 Å². The molecule has 0 saturated heterocycles. The second-order valence-corrected chi connectivity index (χ2v) is 3.14. The number of hydrogen-bond acceptors (Lipinski definition) is 2. The van der Waals surface area contributed by atoms with Gasteiger partial charge in [-0.15, -0.1) is 0 Å². The van der Waals surface area contributed by atoms with Gasteiger partial charge in [0.2, 0.25) is 0 Å². The van der Waals surface area contributed by atoms with E-state index in [1.54, 1.807) is 0 Å². The van der Waals surface area contributed by atoms with Crippen LogP contribution in [0.3, 0.4) is 0 Å². The summed E-state index contributed by atoms with van der Waals surface area (Å²) < 4.78 is 37.2. The van der Waals surface area contributed by atoms with Gasteiger partial charge in [-0.1, -0.05) is 11.6 Å². The van der Waals surface area contributed by atoms with Crippen molar-refractivity contribution in [2.45, 2.75) is 13.1 Å². The number of alkyl halides is 3. The number of hydrogen-bond donors (Lipinski definition) is 1. The molecule has 15 heavy (non-hydrogen) atoms. The molecule has 0 fully saturated rings. The Morgan fingerprint density at radius 2 is 2.07 bits per heavy atom. The Morgan fingerprint density at radius 1 is 1.53 bits per heavy atom. The summed E-state index contributed by atoms with van der Waals surface area (Å²) in [5.41, 5.74) is -2.19. The molecular weight excluding hydrogens is 235 g/mol. The fourth-order valence-corrected chi connectivity index (χ4v) is 1.42. The maximum Gasteiger partial charge on any atom is 0.420 e. The van der Waals surface area contributed by atoms with Crippen LogP contribution in [0.1, 0.15) is 21.6 Å². The van der Waals surface area contributed by atoms with Crippen molar-refractivity contribution < 1.29 is 23.1 Å². The molecule has 1 heterocycles. The van der Waals surface area contributed by atoms with Gasteiger partial charge in [-0.3, -0.25) is 0 Å². The van der Waals surface area contributed by atoms with Gasteiger partial charge in [-0.25, -0.2) is 9.78 Å². The zero-order valence-electron chi connectivity index (χ0n) is 7.39. The largest absolute Gasteiger partial charge is 0.478 e. The van der Waals surface area contributed by atoms with E-state index < -0.39 is 28.4 Å². The van der Waals surface area contributed by atoms with E-state index in [0.29, 0.717) is 0 Å². The maximum absolute atomic E-state index is 12.4. The number of aryl methyl sites for hydroxylation is 1. The number of carbonyl (C=O) groups is 1. The highest BCUT2D eigenvalue weighted by Crippen LogP contribution is 2.36. The minimum absolute atomic E-state index is 0.116. The van der Waals surface area contributed by atoms with Crippen molar-refractivity contribution in [1.29, 1.82) is 0 Å². The molecule has 1 aromatic heterocycles. The van der Waals surface area contributed by atoms with Gasteiger partial charge >= 0.3 is 12.1 Å². The molecule has 0 unspecified atom stereocenters. The van der Waals surface area contributed by atoms with Crippen molar-refractivity contribution in [3.8, 4) is 0 Å². The van der Waals surface area contributed by atoms with E-state index in [4.69, 9.17) is 16.7 Å². The Morgan fingerprint density at radius 3 is 2.47 bits per heavy atom. The average Bonchev–Trinajstić information content (AvgIpc) is 1.99. The smallest absolute Gasteiger partial charge is 0.420 e. The first-order valence-corrected chi connectivity index (χ1v) is 4.09. The lowest BCUT2D eigenvalue weighted by molar-refractivity contribution is -0.138. The molecule has 7 heteroatoms. The molecule has 0 saturated carbocycles. The second-order valence-electron chi connectivity index (χ2n) is 2.78. The van der Waals surface area contributed by atoms with Crippen molar-refractivity contribution in [3.63, 3.8) is 0 Å². The Hall–Kier alpha value is -1.30. The van der Waals surface area contributed by atoms with Gasteiger partial charge in [-0.2, -0.15) is 13.2 Å². The number of carboxylic acid groups (broad SMARTS) is 1. The van der Waals surface area contributed by atoms with Gasteiger partial charge < -0.3 is 5.11 Å². The molecule has 1 N–H and O–H groups in total. The van der Waals surface area contributed by atoms with E-state index in [-0.39, 0.29) is 5.69 Å². The minimum Gasteiger partial charge on any atom is -0.478 e. The molecule has 0 bridgehead atoms. The number of carboxylic acids is 1. The molecule has 0 radical (unpaired) electrons. The number of pyridine rings is 1. The monoisotopic (exact) mass is 239 g/mol. The van der Waals surface area contributed by atoms with Crippen LogP contribution in [0.2, 0.25) is 5.15 Å². The maximum atomic E-state index is 12.4. The third-order valence-corrected chi connectivity index (χ3v) is 1.89. The van der Waals surface area contributed by atoms with Crippen molar-refractivity contribution in [2.24, 2.45) is 0 Å². The predicted molar refractivity (Wildman–Crippen MR) is 45.9 cm³/mol. The molecule has 0 spiro atoms. The molecule has 3 nitrogen and oxygen atoms in total. The summed E-state index contributed by atoms with van der Waals surface area (Å²) >= 11 is 5.27. The molecule has 0 aliphatic rings. The van der Waals surface area contributed by atoms with Crippen molar-refractivity contribution in [2.75, 3.05) is 0 Å². The Balaban J connectivity index is 3.55. The molecule has 0 atom stereocenters. The number of nitrogens with zero attached hydrogens (tertiary/aromatic N) is 1. The highest BCUT2D eigenvalue weighted by atomic mass is 35.5. The van der Waals surface area contributed by atoms with E-state index in [0.717, 1.165) is 6.07 Å². The first-order valence-electron chi connectivity index (χ1n) is 3.71. The number of rotatable bonds is 1. The SMILES string of the molecule is Cc1cc(C(=O)O)c(C(F)(F)F)c(Cl)n1. The van der Waals surface area contributed by atoms with E-state index >= 15 is 0 Å². The standard InChI is InChI=1S/C8H5ClF3NO2/c1-3-2-4(7(14)15)5(6(9)13-3)8(10,11)12/h2H,1H3,(H,14,15). The van der Waals surface area contributed by atoms with Crippen LogP contribution in [0.25, 0.3) is 0 Å². The lowest BCUT2D eigenvalue weighted by Crippen LogP contribution is -2.15. The van der Waals surface area contributed by atoms with Crippen LogP contribution in [0.4, 0.5) is 13.2 Å². The van der Waals surface area contributed by atoms with E-state index in [9.17, 15) is 18.0 Å². The third kappa shape index (κ3) is 2.38. The molecule has 1 rings (SSSR count). The lowest BCUT2D eigenvalue weighted by atomic mass is 10.1.